The summed E-state index contributed by atoms with van der Waals surface area (Å²) in [5, 5.41) is 26.8. The van der Waals surface area contributed by atoms with Crippen LogP contribution in [0.2, 0.25) is 0 Å². The Morgan fingerprint density at radius 1 is 0.927 bits per heavy atom. The van der Waals surface area contributed by atoms with Crippen LogP contribution < -0.4 is 30.8 Å². The van der Waals surface area contributed by atoms with E-state index in [0.29, 0.717) is 28.2 Å². The first kappa shape index (κ1) is 38.8. The van der Waals surface area contributed by atoms with Gasteiger partial charge in [-0.15, -0.1) is 0 Å². The quantitative estimate of drug-likeness (QED) is 0.133. The van der Waals surface area contributed by atoms with Crippen molar-refractivity contribution in [3.8, 4) is 17.2 Å². The number of aliphatic hydroxyl groups is 2. The summed E-state index contributed by atoms with van der Waals surface area (Å²) in [5.74, 6) is -1.25. The van der Waals surface area contributed by atoms with Gasteiger partial charge in [0, 0.05) is 35.0 Å². The summed E-state index contributed by atoms with van der Waals surface area (Å²) in [6.07, 6.45) is -8.74. The Morgan fingerprint density at radius 2 is 1.49 bits per heavy atom. The molecule has 1 aromatic heterocycles. The van der Waals surface area contributed by atoms with E-state index in [1.54, 1.807) is 66.0 Å². The topological polar surface area (TPSA) is 161 Å². The SMILES string of the molecule is COc1ccccc1C(c1ccccc1)(c1ccccc1OC)C(O)[C@H]1O[C@@](COc2ccc(NC(=O)C(F)(F)F)cc2)(n2cc(C)c(=O)[nH]c2=O)C[C@@H]1O. The molecular weight excluding hydrogens is 723 g/mol. The number of hydrogen-bond acceptors (Lipinski definition) is 9. The summed E-state index contributed by atoms with van der Waals surface area (Å²) in [6.45, 7) is 0.980. The van der Waals surface area contributed by atoms with Crippen LogP contribution in [0.25, 0.3) is 0 Å². The number of aliphatic hydroxyl groups excluding tert-OH is 2. The summed E-state index contributed by atoms with van der Waals surface area (Å²) < 4.78 is 63.9. The van der Waals surface area contributed by atoms with E-state index in [2.05, 4.69) is 4.98 Å². The lowest BCUT2D eigenvalue weighted by atomic mass is 9.63. The van der Waals surface area contributed by atoms with E-state index in [9.17, 15) is 37.8 Å². The van der Waals surface area contributed by atoms with E-state index in [0.717, 1.165) is 4.57 Å². The molecule has 0 spiro atoms. The molecule has 0 bridgehead atoms. The highest BCUT2D eigenvalue weighted by Gasteiger charge is 2.58. The van der Waals surface area contributed by atoms with Crippen LogP contribution in [0.15, 0.2) is 119 Å². The number of H-pyrrole nitrogens is 1. The fourth-order valence-electron chi connectivity index (χ4n) is 7.15. The predicted octanol–water partition coefficient (Wildman–Crippen LogP) is 4.64. The summed E-state index contributed by atoms with van der Waals surface area (Å²) in [4.78, 5) is 39.6. The van der Waals surface area contributed by atoms with Crippen LogP contribution in [0.4, 0.5) is 18.9 Å². The number of aromatic amines is 1. The monoisotopic (exact) mass is 761 g/mol. The van der Waals surface area contributed by atoms with Crippen molar-refractivity contribution in [2.45, 2.75) is 49.0 Å². The van der Waals surface area contributed by atoms with Crippen molar-refractivity contribution in [2.24, 2.45) is 0 Å². The minimum atomic E-state index is -5.10. The number of carbonyl (C=O) groups excluding carboxylic acids is 1. The van der Waals surface area contributed by atoms with Crippen LogP contribution >= 0.6 is 0 Å². The van der Waals surface area contributed by atoms with E-state index < -0.39 is 59.4 Å². The van der Waals surface area contributed by atoms with Gasteiger partial charge in [-0.1, -0.05) is 66.7 Å². The van der Waals surface area contributed by atoms with Gasteiger partial charge < -0.3 is 34.5 Å². The van der Waals surface area contributed by atoms with Crippen LogP contribution in [0.1, 0.15) is 28.7 Å². The summed E-state index contributed by atoms with van der Waals surface area (Å²) in [6, 6.07) is 28.2. The third-order valence-electron chi connectivity index (χ3n) is 9.70. The second-order valence-corrected chi connectivity index (χ2v) is 13.0. The zero-order valence-electron chi connectivity index (χ0n) is 29.9. The number of alkyl halides is 3. The maximum atomic E-state index is 13.5. The number of aromatic nitrogens is 2. The molecule has 0 radical (unpaired) electrons. The van der Waals surface area contributed by atoms with Crippen LogP contribution in [0.5, 0.6) is 17.2 Å². The highest BCUT2D eigenvalue weighted by Crippen LogP contribution is 2.52. The number of benzene rings is 4. The number of nitrogens with one attached hydrogen (secondary N) is 2. The number of methoxy groups -OCH3 is 2. The van der Waals surface area contributed by atoms with Crippen molar-refractivity contribution in [3.63, 3.8) is 0 Å². The maximum absolute atomic E-state index is 13.5. The van der Waals surface area contributed by atoms with E-state index in [4.69, 9.17) is 18.9 Å². The third-order valence-corrected chi connectivity index (χ3v) is 9.70. The molecule has 15 heteroatoms. The first-order valence-electron chi connectivity index (χ1n) is 17.1. The second kappa shape index (κ2) is 15.5. The number of para-hydroxylation sites is 2. The summed E-state index contributed by atoms with van der Waals surface area (Å²) in [7, 11) is 2.99. The first-order chi connectivity index (χ1) is 26.2. The van der Waals surface area contributed by atoms with Gasteiger partial charge >= 0.3 is 17.8 Å². The Bertz CT molecular complexity index is 2210. The predicted molar refractivity (Wildman–Crippen MR) is 194 cm³/mol. The van der Waals surface area contributed by atoms with Crippen molar-refractivity contribution in [2.75, 3.05) is 26.1 Å². The lowest BCUT2D eigenvalue weighted by Crippen LogP contribution is -2.53. The molecule has 1 aliphatic rings. The Labute approximate surface area is 312 Å². The van der Waals surface area contributed by atoms with E-state index in [1.807, 2.05) is 18.2 Å². The van der Waals surface area contributed by atoms with Crippen LogP contribution in [-0.4, -0.2) is 71.0 Å². The Balaban J connectivity index is 1.48. The third kappa shape index (κ3) is 7.33. The second-order valence-electron chi connectivity index (χ2n) is 13.0. The molecule has 4 atom stereocenters. The standard InChI is InChI=1S/C40H38F3N3O9/c1-24-22-46(37(51)45-35(24)49)38(23-54-27-19-17-26(18-20-27)44-36(50)40(41,42)43)21-30(47)33(55-38)34(48)39(25-11-5-4-6-12-25,28-13-7-9-15-31(28)52-2)29-14-8-10-16-32(29)53-3/h4-20,22,30,33-34,47-48H,21,23H2,1-3H3,(H,44,50)(H,45,49,51)/t30-,33-,34?,38-/m0/s1. The van der Waals surface area contributed by atoms with E-state index in [1.165, 1.54) is 51.6 Å². The summed E-state index contributed by atoms with van der Waals surface area (Å²) >= 11 is 0. The molecule has 55 heavy (non-hydrogen) atoms. The average Bonchev–Trinajstić information content (AvgIpc) is 3.53. The van der Waals surface area contributed by atoms with Gasteiger partial charge in [-0.25, -0.2) is 4.79 Å². The minimum absolute atomic E-state index is 0.0994. The molecule has 1 unspecified atom stereocenters. The van der Waals surface area contributed by atoms with Gasteiger partial charge in [0.1, 0.15) is 36.1 Å². The van der Waals surface area contributed by atoms with Gasteiger partial charge in [0.15, 0.2) is 5.72 Å². The Kier molecular flexibility index (Phi) is 10.9. The van der Waals surface area contributed by atoms with Crippen molar-refractivity contribution in [3.05, 3.63) is 152 Å². The molecule has 1 fully saturated rings. The molecule has 12 nitrogen and oxygen atoms in total. The molecule has 0 aliphatic carbocycles. The van der Waals surface area contributed by atoms with E-state index >= 15 is 0 Å². The zero-order chi connectivity index (χ0) is 39.5. The van der Waals surface area contributed by atoms with Gasteiger partial charge in [0.2, 0.25) is 0 Å². The number of halogens is 3. The number of ether oxygens (including phenoxy) is 4. The number of amides is 1. The van der Waals surface area contributed by atoms with Crippen molar-refractivity contribution >= 4 is 11.6 Å². The minimum Gasteiger partial charge on any atom is -0.496 e. The Hall–Kier alpha value is -5.90. The molecule has 6 rings (SSSR count). The smallest absolute Gasteiger partial charge is 0.471 e. The van der Waals surface area contributed by atoms with Gasteiger partial charge in [-0.3, -0.25) is 19.1 Å². The molecule has 1 amide bonds. The fourth-order valence-corrected chi connectivity index (χ4v) is 7.15. The average molecular weight is 762 g/mol. The first-order valence-corrected chi connectivity index (χ1v) is 17.1. The molecule has 4 aromatic carbocycles. The molecule has 0 saturated carbocycles. The van der Waals surface area contributed by atoms with E-state index in [-0.39, 0.29) is 23.4 Å². The van der Waals surface area contributed by atoms with Gasteiger partial charge in [0.05, 0.1) is 25.7 Å². The molecule has 1 aliphatic heterocycles. The molecule has 4 N–H and O–H groups in total. The lowest BCUT2D eigenvalue weighted by molar-refractivity contribution is -0.167. The number of hydrogen-bond donors (Lipinski definition) is 4. The van der Waals surface area contributed by atoms with Crippen LogP contribution in [-0.2, 0) is 20.7 Å². The van der Waals surface area contributed by atoms with Crippen LogP contribution in [0.3, 0.4) is 0 Å². The van der Waals surface area contributed by atoms with Crippen LogP contribution in [0, 0.1) is 6.92 Å². The lowest BCUT2D eigenvalue weighted by Gasteiger charge is -2.44. The number of anilines is 1. The molecule has 5 aromatic rings. The van der Waals surface area contributed by atoms with Gasteiger partial charge in [0.25, 0.3) is 5.56 Å². The normalized spacial score (nSPS) is 19.1. The van der Waals surface area contributed by atoms with Crippen molar-refractivity contribution in [1.82, 2.24) is 9.55 Å². The van der Waals surface area contributed by atoms with Gasteiger partial charge in [-0.2, -0.15) is 13.2 Å². The van der Waals surface area contributed by atoms with Gasteiger partial charge in [-0.05, 0) is 48.9 Å². The molecule has 2 heterocycles. The maximum Gasteiger partial charge on any atom is 0.471 e. The van der Waals surface area contributed by atoms with Crippen molar-refractivity contribution < 1.29 is 47.1 Å². The Morgan fingerprint density at radius 3 is 2.05 bits per heavy atom. The number of rotatable bonds is 12. The largest absolute Gasteiger partial charge is 0.496 e. The number of carbonyl (C=O) groups is 1. The summed E-state index contributed by atoms with van der Waals surface area (Å²) in [5.41, 5.74) is -3.42. The number of nitrogens with zero attached hydrogens (tertiary/aromatic N) is 1. The zero-order valence-corrected chi connectivity index (χ0v) is 29.9. The molecule has 1 saturated heterocycles. The fraction of sp³-hybridized carbons (Fsp3) is 0.275. The molecular formula is C40H38F3N3O9. The van der Waals surface area contributed by atoms with Crippen molar-refractivity contribution in [1.29, 1.82) is 0 Å². The highest BCUT2D eigenvalue weighted by molar-refractivity contribution is 5.94. The number of aryl methyl sites for hydroxylation is 1. The molecule has 288 valence electrons. The highest BCUT2D eigenvalue weighted by atomic mass is 19.4.